The lowest BCUT2D eigenvalue weighted by atomic mass is 9.97. The first-order valence-electron chi connectivity index (χ1n) is 6.27. The fraction of sp³-hybridized carbons (Fsp3) is 0.538. The number of ether oxygens (including phenoxy) is 1. The molecule has 0 radical (unpaired) electrons. The number of anilines is 1. The van der Waals surface area contributed by atoms with E-state index in [0.29, 0.717) is 6.61 Å². The van der Waals surface area contributed by atoms with Crippen molar-refractivity contribution in [2.24, 2.45) is 5.92 Å². The summed E-state index contributed by atoms with van der Waals surface area (Å²) in [5.41, 5.74) is 0. The van der Waals surface area contributed by atoms with Gasteiger partial charge in [-0.3, -0.25) is 4.79 Å². The molecule has 0 aromatic carbocycles. The van der Waals surface area contributed by atoms with Gasteiger partial charge < -0.3 is 14.7 Å². The summed E-state index contributed by atoms with van der Waals surface area (Å²) in [4.78, 5) is 17.9. The first-order chi connectivity index (χ1) is 8.70. The SMILES string of the molecule is CCOC(=O)C1CCN(c2ccc(O)cn2)CC1. The summed E-state index contributed by atoms with van der Waals surface area (Å²) in [7, 11) is 0. The molecule has 1 fully saturated rings. The Morgan fingerprint density at radius 1 is 1.50 bits per heavy atom. The quantitative estimate of drug-likeness (QED) is 0.825. The lowest BCUT2D eigenvalue weighted by molar-refractivity contribution is -0.148. The van der Waals surface area contributed by atoms with Crippen molar-refractivity contribution < 1.29 is 14.6 Å². The van der Waals surface area contributed by atoms with E-state index in [1.54, 1.807) is 12.1 Å². The van der Waals surface area contributed by atoms with Gasteiger partial charge in [-0.2, -0.15) is 0 Å². The predicted molar refractivity (Wildman–Crippen MR) is 67.5 cm³/mol. The van der Waals surface area contributed by atoms with Crippen molar-refractivity contribution in [2.75, 3.05) is 24.6 Å². The zero-order valence-corrected chi connectivity index (χ0v) is 10.5. The van der Waals surface area contributed by atoms with E-state index in [-0.39, 0.29) is 17.6 Å². The third kappa shape index (κ3) is 2.91. The molecule has 0 aliphatic carbocycles. The molecule has 18 heavy (non-hydrogen) atoms. The second-order valence-electron chi connectivity index (χ2n) is 4.39. The van der Waals surface area contributed by atoms with Gasteiger partial charge in [-0.05, 0) is 31.9 Å². The van der Waals surface area contributed by atoms with E-state index in [1.165, 1.54) is 6.20 Å². The Labute approximate surface area is 106 Å². The zero-order valence-electron chi connectivity index (χ0n) is 10.5. The molecule has 1 aliphatic heterocycles. The van der Waals surface area contributed by atoms with Crippen molar-refractivity contribution >= 4 is 11.8 Å². The minimum absolute atomic E-state index is 0.0123. The van der Waals surface area contributed by atoms with Gasteiger partial charge in [-0.15, -0.1) is 0 Å². The molecule has 0 bridgehead atoms. The Morgan fingerprint density at radius 3 is 2.78 bits per heavy atom. The van der Waals surface area contributed by atoms with Crippen molar-refractivity contribution in [1.29, 1.82) is 0 Å². The minimum Gasteiger partial charge on any atom is -0.506 e. The number of aromatic hydroxyl groups is 1. The second kappa shape index (κ2) is 5.71. The van der Waals surface area contributed by atoms with Crippen LogP contribution in [-0.2, 0) is 9.53 Å². The lowest BCUT2D eigenvalue weighted by Crippen LogP contribution is -2.37. The predicted octanol–water partition coefficient (Wildman–Crippen LogP) is 1.57. The molecule has 0 amide bonds. The highest BCUT2D eigenvalue weighted by Gasteiger charge is 2.26. The molecule has 1 N–H and O–H groups in total. The molecule has 5 heteroatoms. The number of pyridine rings is 1. The monoisotopic (exact) mass is 250 g/mol. The summed E-state index contributed by atoms with van der Waals surface area (Å²) in [5, 5.41) is 9.19. The van der Waals surface area contributed by atoms with Crippen LogP contribution in [0.3, 0.4) is 0 Å². The molecular formula is C13H18N2O3. The number of rotatable bonds is 3. The second-order valence-corrected chi connectivity index (χ2v) is 4.39. The van der Waals surface area contributed by atoms with E-state index < -0.39 is 0 Å². The van der Waals surface area contributed by atoms with Crippen LogP contribution in [0.1, 0.15) is 19.8 Å². The third-order valence-corrected chi connectivity index (χ3v) is 3.17. The molecule has 5 nitrogen and oxygen atoms in total. The molecule has 2 rings (SSSR count). The van der Waals surface area contributed by atoms with Crippen molar-refractivity contribution in [3.8, 4) is 5.75 Å². The first-order valence-corrected chi connectivity index (χ1v) is 6.27. The highest BCUT2D eigenvalue weighted by molar-refractivity contribution is 5.72. The number of nitrogens with zero attached hydrogens (tertiary/aromatic N) is 2. The summed E-state index contributed by atoms with van der Waals surface area (Å²) in [6.45, 7) is 3.86. The summed E-state index contributed by atoms with van der Waals surface area (Å²) in [5.74, 6) is 0.935. The smallest absolute Gasteiger partial charge is 0.309 e. The van der Waals surface area contributed by atoms with Crippen molar-refractivity contribution in [3.05, 3.63) is 18.3 Å². The van der Waals surface area contributed by atoms with Crippen LogP contribution in [-0.4, -0.2) is 35.8 Å². The Kier molecular flexibility index (Phi) is 4.02. The fourth-order valence-corrected chi connectivity index (χ4v) is 2.17. The van der Waals surface area contributed by atoms with Crippen LogP contribution in [0.25, 0.3) is 0 Å². The molecule has 0 spiro atoms. The molecule has 0 saturated carbocycles. The van der Waals surface area contributed by atoms with Crippen molar-refractivity contribution in [1.82, 2.24) is 4.98 Å². The van der Waals surface area contributed by atoms with Gasteiger partial charge in [0.05, 0.1) is 18.7 Å². The first kappa shape index (κ1) is 12.7. The Hall–Kier alpha value is -1.78. The maximum absolute atomic E-state index is 11.6. The van der Waals surface area contributed by atoms with Gasteiger partial charge in [0.1, 0.15) is 11.6 Å². The zero-order chi connectivity index (χ0) is 13.0. The Bertz CT molecular complexity index is 397. The Morgan fingerprint density at radius 2 is 2.22 bits per heavy atom. The highest BCUT2D eigenvalue weighted by atomic mass is 16.5. The molecule has 2 heterocycles. The van der Waals surface area contributed by atoms with Gasteiger partial charge in [-0.1, -0.05) is 0 Å². The van der Waals surface area contributed by atoms with E-state index in [4.69, 9.17) is 4.74 Å². The standard InChI is InChI=1S/C13H18N2O3/c1-2-18-13(17)10-5-7-15(8-6-10)12-4-3-11(16)9-14-12/h3-4,9-10,16H,2,5-8H2,1H3. The molecule has 1 aliphatic rings. The highest BCUT2D eigenvalue weighted by Crippen LogP contribution is 2.23. The number of carbonyl (C=O) groups excluding carboxylic acids is 1. The van der Waals surface area contributed by atoms with Crippen LogP contribution >= 0.6 is 0 Å². The molecule has 0 atom stereocenters. The van der Waals surface area contributed by atoms with E-state index in [1.807, 2.05) is 6.92 Å². The number of aromatic nitrogens is 1. The van der Waals surface area contributed by atoms with Gasteiger partial charge in [0.15, 0.2) is 0 Å². The maximum atomic E-state index is 11.6. The molecule has 1 aromatic rings. The van der Waals surface area contributed by atoms with E-state index >= 15 is 0 Å². The Balaban J connectivity index is 1.90. The van der Waals surface area contributed by atoms with E-state index in [0.717, 1.165) is 31.7 Å². The molecule has 1 saturated heterocycles. The minimum atomic E-state index is -0.0872. The number of carbonyl (C=O) groups is 1. The number of piperidine rings is 1. The topological polar surface area (TPSA) is 62.7 Å². The van der Waals surface area contributed by atoms with Gasteiger partial charge in [0.2, 0.25) is 0 Å². The van der Waals surface area contributed by atoms with Crippen LogP contribution in [0.4, 0.5) is 5.82 Å². The third-order valence-electron chi connectivity index (χ3n) is 3.17. The lowest BCUT2D eigenvalue weighted by Gasteiger charge is -2.31. The fourth-order valence-electron chi connectivity index (χ4n) is 2.17. The average molecular weight is 250 g/mol. The van der Waals surface area contributed by atoms with Gasteiger partial charge in [-0.25, -0.2) is 4.98 Å². The van der Waals surface area contributed by atoms with Crippen LogP contribution in [0.15, 0.2) is 18.3 Å². The summed E-state index contributed by atoms with van der Waals surface area (Å²) in [6.07, 6.45) is 3.02. The van der Waals surface area contributed by atoms with Crippen molar-refractivity contribution in [2.45, 2.75) is 19.8 Å². The number of hydrogen-bond acceptors (Lipinski definition) is 5. The van der Waals surface area contributed by atoms with Crippen LogP contribution in [0.5, 0.6) is 5.75 Å². The average Bonchev–Trinajstić information content (AvgIpc) is 2.40. The summed E-state index contributed by atoms with van der Waals surface area (Å²) < 4.78 is 5.03. The van der Waals surface area contributed by atoms with Gasteiger partial charge >= 0.3 is 5.97 Å². The van der Waals surface area contributed by atoms with Crippen LogP contribution in [0, 0.1) is 5.92 Å². The van der Waals surface area contributed by atoms with Gasteiger partial charge in [0, 0.05) is 13.1 Å². The molecule has 0 unspecified atom stereocenters. The van der Waals surface area contributed by atoms with Crippen LogP contribution in [0.2, 0.25) is 0 Å². The largest absolute Gasteiger partial charge is 0.506 e. The normalized spacial score (nSPS) is 16.6. The van der Waals surface area contributed by atoms with E-state index in [9.17, 15) is 9.90 Å². The number of esters is 1. The summed E-state index contributed by atoms with van der Waals surface area (Å²) in [6, 6.07) is 3.42. The van der Waals surface area contributed by atoms with E-state index in [2.05, 4.69) is 9.88 Å². The molecular weight excluding hydrogens is 232 g/mol. The van der Waals surface area contributed by atoms with Crippen molar-refractivity contribution in [3.63, 3.8) is 0 Å². The maximum Gasteiger partial charge on any atom is 0.309 e. The molecule has 98 valence electrons. The number of hydrogen-bond donors (Lipinski definition) is 1. The van der Waals surface area contributed by atoms with Gasteiger partial charge in [0.25, 0.3) is 0 Å². The molecule has 1 aromatic heterocycles. The van der Waals surface area contributed by atoms with Crippen LogP contribution < -0.4 is 4.90 Å². The summed E-state index contributed by atoms with van der Waals surface area (Å²) >= 11 is 0.